The lowest BCUT2D eigenvalue weighted by Gasteiger charge is -2.36. The van der Waals surface area contributed by atoms with Gasteiger partial charge in [-0.15, -0.1) is 0 Å². The monoisotopic (exact) mass is 420 g/mol. The summed E-state index contributed by atoms with van der Waals surface area (Å²) in [6.07, 6.45) is 0.629. The van der Waals surface area contributed by atoms with Crippen molar-refractivity contribution in [1.82, 2.24) is 10.2 Å². The van der Waals surface area contributed by atoms with Gasteiger partial charge in [0.05, 0.1) is 11.4 Å². The number of hydrogen-bond acceptors (Lipinski definition) is 4. The van der Waals surface area contributed by atoms with Gasteiger partial charge in [-0.1, -0.05) is 12.1 Å². The molecule has 0 aliphatic carbocycles. The Bertz CT molecular complexity index is 902. The van der Waals surface area contributed by atoms with Crippen molar-refractivity contribution in [3.8, 4) is 0 Å². The maximum Gasteiger partial charge on any atom is 0.313 e. The average molecular weight is 420 g/mol. The topological polar surface area (TPSA) is 64.7 Å². The fourth-order valence-electron chi connectivity index (χ4n) is 3.28. The number of nitrogens with zero attached hydrogens (tertiary/aromatic N) is 2. The Balaban J connectivity index is 1.34. The standard InChI is InChI=1S/C21H23F3N4O2/c22-15-6-7-18(17(24)14-15)26-21(30)20(29)25-8-3-9-27-10-12-28(13-11-27)19-5-2-1-4-16(19)23/h1-2,4-7,14H,3,8-13H2,(H,25,29)(H,26,30). The fraction of sp³-hybridized carbons (Fsp3) is 0.333. The molecule has 0 saturated carbocycles. The van der Waals surface area contributed by atoms with E-state index in [1.54, 1.807) is 12.1 Å². The predicted octanol–water partition coefficient (Wildman–Crippen LogP) is 2.37. The summed E-state index contributed by atoms with van der Waals surface area (Å²) in [6, 6.07) is 9.36. The van der Waals surface area contributed by atoms with Crippen LogP contribution in [0.15, 0.2) is 42.5 Å². The Labute approximate surface area is 172 Å². The number of nitrogens with one attached hydrogen (secondary N) is 2. The van der Waals surface area contributed by atoms with E-state index < -0.39 is 23.4 Å². The largest absolute Gasteiger partial charge is 0.367 e. The van der Waals surface area contributed by atoms with Crippen molar-refractivity contribution in [1.29, 1.82) is 0 Å². The van der Waals surface area contributed by atoms with Crippen LogP contribution in [0, 0.1) is 17.5 Å². The molecule has 0 atom stereocenters. The molecular formula is C21H23F3N4O2. The highest BCUT2D eigenvalue weighted by molar-refractivity contribution is 6.39. The lowest BCUT2D eigenvalue weighted by molar-refractivity contribution is -0.136. The Morgan fingerprint density at radius 2 is 1.63 bits per heavy atom. The molecule has 6 nitrogen and oxygen atoms in total. The van der Waals surface area contributed by atoms with Crippen LogP contribution in [0.25, 0.3) is 0 Å². The van der Waals surface area contributed by atoms with Gasteiger partial charge < -0.3 is 15.5 Å². The zero-order chi connectivity index (χ0) is 21.5. The first-order valence-corrected chi connectivity index (χ1v) is 9.70. The van der Waals surface area contributed by atoms with Gasteiger partial charge in [0.2, 0.25) is 0 Å². The molecule has 30 heavy (non-hydrogen) atoms. The smallest absolute Gasteiger partial charge is 0.313 e. The van der Waals surface area contributed by atoms with Crippen LogP contribution in [-0.2, 0) is 9.59 Å². The summed E-state index contributed by atoms with van der Waals surface area (Å²) in [5.74, 6) is -3.86. The highest BCUT2D eigenvalue weighted by Gasteiger charge is 2.19. The lowest BCUT2D eigenvalue weighted by atomic mass is 10.2. The first kappa shape index (κ1) is 21.6. The molecule has 1 saturated heterocycles. The van der Waals surface area contributed by atoms with Gasteiger partial charge in [0, 0.05) is 38.8 Å². The minimum atomic E-state index is -1.01. The van der Waals surface area contributed by atoms with Gasteiger partial charge in [-0.05, 0) is 37.2 Å². The summed E-state index contributed by atoms with van der Waals surface area (Å²) in [7, 11) is 0. The number of benzene rings is 2. The molecule has 2 aromatic carbocycles. The van der Waals surface area contributed by atoms with Crippen LogP contribution in [0.5, 0.6) is 0 Å². The Morgan fingerprint density at radius 3 is 2.33 bits per heavy atom. The van der Waals surface area contributed by atoms with Gasteiger partial charge >= 0.3 is 11.8 Å². The van der Waals surface area contributed by atoms with Gasteiger partial charge in [0.1, 0.15) is 17.5 Å². The molecule has 0 unspecified atom stereocenters. The second-order valence-corrected chi connectivity index (χ2v) is 6.97. The van der Waals surface area contributed by atoms with E-state index >= 15 is 0 Å². The van der Waals surface area contributed by atoms with E-state index in [0.717, 1.165) is 31.8 Å². The summed E-state index contributed by atoms with van der Waals surface area (Å²) in [5, 5.41) is 4.59. The molecule has 0 bridgehead atoms. The van der Waals surface area contributed by atoms with E-state index in [-0.39, 0.29) is 18.0 Å². The van der Waals surface area contributed by atoms with Gasteiger partial charge in [-0.3, -0.25) is 14.5 Å². The Morgan fingerprint density at radius 1 is 0.900 bits per heavy atom. The number of hydrogen-bond donors (Lipinski definition) is 2. The third-order valence-electron chi connectivity index (χ3n) is 4.89. The van der Waals surface area contributed by atoms with E-state index in [2.05, 4.69) is 15.5 Å². The van der Waals surface area contributed by atoms with Crippen molar-refractivity contribution in [3.05, 3.63) is 59.9 Å². The number of piperazine rings is 1. The Hall–Kier alpha value is -3.07. The fourth-order valence-corrected chi connectivity index (χ4v) is 3.28. The lowest BCUT2D eigenvalue weighted by Crippen LogP contribution is -2.47. The van der Waals surface area contributed by atoms with Crippen LogP contribution in [0.1, 0.15) is 6.42 Å². The number of carbonyl (C=O) groups is 2. The quantitative estimate of drug-likeness (QED) is 0.556. The van der Waals surface area contributed by atoms with Crippen LogP contribution in [-0.4, -0.2) is 56.0 Å². The molecule has 0 aromatic heterocycles. The van der Waals surface area contributed by atoms with Crippen molar-refractivity contribution in [2.45, 2.75) is 6.42 Å². The van der Waals surface area contributed by atoms with Gasteiger partial charge in [-0.25, -0.2) is 13.2 Å². The highest BCUT2D eigenvalue weighted by Crippen LogP contribution is 2.20. The zero-order valence-corrected chi connectivity index (χ0v) is 16.3. The number of rotatable bonds is 6. The molecule has 2 aromatic rings. The van der Waals surface area contributed by atoms with Crippen LogP contribution < -0.4 is 15.5 Å². The first-order chi connectivity index (χ1) is 14.4. The van der Waals surface area contributed by atoms with Crippen molar-refractivity contribution < 1.29 is 22.8 Å². The highest BCUT2D eigenvalue weighted by atomic mass is 19.1. The van der Waals surface area contributed by atoms with Gasteiger partial charge in [-0.2, -0.15) is 0 Å². The second-order valence-electron chi connectivity index (χ2n) is 6.97. The van der Waals surface area contributed by atoms with Gasteiger partial charge in [0.15, 0.2) is 0 Å². The van der Waals surface area contributed by atoms with Crippen molar-refractivity contribution in [3.63, 3.8) is 0 Å². The van der Waals surface area contributed by atoms with E-state index in [1.165, 1.54) is 6.07 Å². The van der Waals surface area contributed by atoms with E-state index in [1.807, 2.05) is 11.0 Å². The Kier molecular flexibility index (Phi) is 7.29. The van der Waals surface area contributed by atoms with Crippen molar-refractivity contribution in [2.24, 2.45) is 0 Å². The molecule has 1 aliphatic rings. The molecule has 1 heterocycles. The molecule has 0 radical (unpaired) electrons. The molecule has 0 spiro atoms. The summed E-state index contributed by atoms with van der Waals surface area (Å²) < 4.78 is 40.3. The SMILES string of the molecule is O=C(NCCCN1CCN(c2ccccc2F)CC1)C(=O)Nc1ccc(F)cc1F. The van der Waals surface area contributed by atoms with Crippen LogP contribution in [0.3, 0.4) is 0 Å². The maximum absolute atomic E-state index is 13.9. The van der Waals surface area contributed by atoms with Crippen molar-refractivity contribution in [2.75, 3.05) is 49.5 Å². The molecule has 1 fully saturated rings. The molecule has 2 N–H and O–H groups in total. The number of amides is 2. The number of para-hydroxylation sites is 1. The van der Waals surface area contributed by atoms with Crippen LogP contribution >= 0.6 is 0 Å². The van der Waals surface area contributed by atoms with Crippen molar-refractivity contribution >= 4 is 23.2 Å². The van der Waals surface area contributed by atoms with Crippen LogP contribution in [0.4, 0.5) is 24.5 Å². The number of anilines is 2. The summed E-state index contributed by atoms with van der Waals surface area (Å²) in [6.45, 7) is 3.96. The first-order valence-electron chi connectivity index (χ1n) is 9.70. The van der Waals surface area contributed by atoms with Gasteiger partial charge in [0.25, 0.3) is 0 Å². The summed E-state index contributed by atoms with van der Waals surface area (Å²) >= 11 is 0. The summed E-state index contributed by atoms with van der Waals surface area (Å²) in [5.41, 5.74) is 0.345. The van der Waals surface area contributed by atoms with Crippen LogP contribution in [0.2, 0.25) is 0 Å². The predicted molar refractivity (Wildman–Crippen MR) is 108 cm³/mol. The maximum atomic E-state index is 13.9. The minimum Gasteiger partial charge on any atom is -0.367 e. The third kappa shape index (κ3) is 5.73. The molecular weight excluding hydrogens is 397 g/mol. The molecule has 3 rings (SSSR count). The molecule has 160 valence electrons. The second kappa shape index (κ2) is 10.1. The molecule has 9 heteroatoms. The number of halogens is 3. The van der Waals surface area contributed by atoms with E-state index in [4.69, 9.17) is 0 Å². The van der Waals surface area contributed by atoms with E-state index in [0.29, 0.717) is 31.3 Å². The zero-order valence-electron chi connectivity index (χ0n) is 16.3. The average Bonchev–Trinajstić information content (AvgIpc) is 2.74. The minimum absolute atomic E-state index is 0.229. The summed E-state index contributed by atoms with van der Waals surface area (Å²) in [4.78, 5) is 27.9. The van der Waals surface area contributed by atoms with E-state index in [9.17, 15) is 22.8 Å². The normalized spacial score (nSPS) is 14.4. The molecule has 1 aliphatic heterocycles. The third-order valence-corrected chi connectivity index (χ3v) is 4.89. The number of carbonyl (C=O) groups excluding carboxylic acids is 2. The molecule has 2 amide bonds.